The lowest BCUT2D eigenvalue weighted by molar-refractivity contribution is 0.838. The van der Waals surface area contributed by atoms with Crippen LogP contribution in [0.4, 0.5) is 0 Å². The van der Waals surface area contributed by atoms with Crippen molar-refractivity contribution >= 4 is 0 Å². The molecule has 0 aliphatic rings. The van der Waals surface area contributed by atoms with Gasteiger partial charge in [0, 0.05) is 6.04 Å². The first kappa shape index (κ1) is 6.44. The van der Waals surface area contributed by atoms with Gasteiger partial charge >= 0.3 is 0 Å². The van der Waals surface area contributed by atoms with Crippen LogP contribution in [0.2, 0.25) is 0 Å². The van der Waals surface area contributed by atoms with Gasteiger partial charge in [0.1, 0.15) is 0 Å². The predicted octanol–water partition coefficient (Wildman–Crippen LogP) is 1.08. The number of hydrogen-bond acceptors (Lipinski definition) is 1. The fourth-order valence-electron chi connectivity index (χ4n) is 0.289. The molecule has 0 aromatic rings. The molecule has 0 bridgehead atoms. The summed E-state index contributed by atoms with van der Waals surface area (Å²) in [5.74, 6) is 0. The van der Waals surface area contributed by atoms with Crippen molar-refractivity contribution < 1.29 is 0 Å². The minimum Gasteiger partial charge on any atom is -0.324 e. The van der Waals surface area contributed by atoms with Gasteiger partial charge in [-0.25, -0.2) is 0 Å². The van der Waals surface area contributed by atoms with Crippen molar-refractivity contribution in [3.05, 3.63) is 25.3 Å². The van der Waals surface area contributed by atoms with E-state index in [1.807, 2.05) is 0 Å². The van der Waals surface area contributed by atoms with E-state index in [9.17, 15) is 0 Å². The van der Waals surface area contributed by atoms with Crippen LogP contribution in [0.1, 0.15) is 6.42 Å². The van der Waals surface area contributed by atoms with Gasteiger partial charge < -0.3 is 5.73 Å². The molecule has 0 radical (unpaired) electrons. The molecule has 2 N–H and O–H groups in total. The maximum absolute atomic E-state index is 5.39. The second-order valence-corrected chi connectivity index (χ2v) is 1.42. The number of rotatable bonds is 3. The smallest absolute Gasteiger partial charge is 0.0256 e. The van der Waals surface area contributed by atoms with E-state index in [4.69, 9.17) is 5.73 Å². The number of hydrogen-bond donors (Lipinski definition) is 1. The van der Waals surface area contributed by atoms with Gasteiger partial charge in [0.15, 0.2) is 0 Å². The van der Waals surface area contributed by atoms with E-state index < -0.39 is 0 Å². The highest BCUT2D eigenvalue weighted by Crippen LogP contribution is 1.86. The second kappa shape index (κ2) is 3.62. The fourth-order valence-corrected chi connectivity index (χ4v) is 0.289. The standard InChI is InChI=1S/C6H11N/c1-3-5-6(7)4-2/h3-4,6H,1-2,5,7H2. The summed E-state index contributed by atoms with van der Waals surface area (Å²) in [5.41, 5.74) is 5.39. The van der Waals surface area contributed by atoms with E-state index in [2.05, 4.69) is 13.2 Å². The Labute approximate surface area is 44.5 Å². The summed E-state index contributed by atoms with van der Waals surface area (Å²) in [6, 6.07) is 0.0949. The normalized spacial score (nSPS) is 12.7. The first-order valence-corrected chi connectivity index (χ1v) is 2.30. The summed E-state index contributed by atoms with van der Waals surface area (Å²) in [5, 5.41) is 0. The first-order valence-electron chi connectivity index (χ1n) is 2.30. The molecule has 0 fully saturated rings. The lowest BCUT2D eigenvalue weighted by atomic mass is 10.2. The lowest BCUT2D eigenvalue weighted by Gasteiger charge is -1.96. The van der Waals surface area contributed by atoms with E-state index in [-0.39, 0.29) is 6.04 Å². The summed E-state index contributed by atoms with van der Waals surface area (Å²) in [7, 11) is 0. The minimum atomic E-state index is 0.0949. The van der Waals surface area contributed by atoms with Gasteiger partial charge in [0.25, 0.3) is 0 Å². The summed E-state index contributed by atoms with van der Waals surface area (Å²) in [4.78, 5) is 0. The van der Waals surface area contributed by atoms with Crippen LogP contribution in [0, 0.1) is 0 Å². The average molecular weight is 97.2 g/mol. The van der Waals surface area contributed by atoms with Crippen LogP contribution >= 0.6 is 0 Å². The Balaban J connectivity index is 3.15. The van der Waals surface area contributed by atoms with Crippen LogP contribution < -0.4 is 5.73 Å². The molecule has 1 atom stereocenters. The van der Waals surface area contributed by atoms with Crippen LogP contribution in [0.3, 0.4) is 0 Å². The molecule has 1 nitrogen and oxygen atoms in total. The lowest BCUT2D eigenvalue weighted by Crippen LogP contribution is -2.14. The molecule has 40 valence electrons. The zero-order valence-corrected chi connectivity index (χ0v) is 4.43. The molecular formula is C6H11N. The van der Waals surface area contributed by atoms with Gasteiger partial charge in [-0.05, 0) is 6.42 Å². The predicted molar refractivity (Wildman–Crippen MR) is 33.0 cm³/mol. The Morgan fingerprint density at radius 2 is 2.14 bits per heavy atom. The van der Waals surface area contributed by atoms with Crippen molar-refractivity contribution in [2.45, 2.75) is 12.5 Å². The molecule has 1 unspecified atom stereocenters. The Morgan fingerprint density at radius 1 is 1.57 bits per heavy atom. The molecule has 0 spiro atoms. The van der Waals surface area contributed by atoms with Crippen molar-refractivity contribution in [3.8, 4) is 0 Å². The first-order chi connectivity index (χ1) is 3.31. The SMILES string of the molecule is C=CCC(N)C=C. The maximum atomic E-state index is 5.39. The molecule has 0 aliphatic heterocycles. The largest absolute Gasteiger partial charge is 0.324 e. The zero-order valence-electron chi connectivity index (χ0n) is 4.43. The molecule has 0 rings (SSSR count). The number of nitrogens with two attached hydrogens (primary N) is 1. The molecule has 0 aromatic carbocycles. The van der Waals surface area contributed by atoms with Crippen molar-refractivity contribution in [2.24, 2.45) is 5.73 Å². The van der Waals surface area contributed by atoms with E-state index in [0.29, 0.717) is 0 Å². The molecule has 0 aliphatic carbocycles. The van der Waals surface area contributed by atoms with Crippen LogP contribution in [0.25, 0.3) is 0 Å². The second-order valence-electron chi connectivity index (χ2n) is 1.42. The van der Waals surface area contributed by atoms with Gasteiger partial charge in [-0.1, -0.05) is 12.2 Å². The average Bonchev–Trinajstić information content (AvgIpc) is 1.68. The van der Waals surface area contributed by atoms with Crippen LogP contribution in [0.15, 0.2) is 25.3 Å². The molecular weight excluding hydrogens is 86.1 g/mol. The maximum Gasteiger partial charge on any atom is 0.0256 e. The Hall–Kier alpha value is -0.560. The van der Waals surface area contributed by atoms with Gasteiger partial charge in [0.2, 0.25) is 0 Å². The summed E-state index contributed by atoms with van der Waals surface area (Å²) < 4.78 is 0. The topological polar surface area (TPSA) is 26.0 Å². The van der Waals surface area contributed by atoms with Gasteiger partial charge in [-0.15, -0.1) is 13.2 Å². The molecule has 0 saturated carbocycles. The summed E-state index contributed by atoms with van der Waals surface area (Å²) in [6.45, 7) is 7.03. The molecule has 0 aromatic heterocycles. The van der Waals surface area contributed by atoms with Gasteiger partial charge in [0.05, 0.1) is 0 Å². The van der Waals surface area contributed by atoms with Crippen molar-refractivity contribution in [2.75, 3.05) is 0 Å². The third-order valence-electron chi connectivity index (χ3n) is 0.742. The molecule has 0 saturated heterocycles. The molecule has 0 amide bonds. The minimum absolute atomic E-state index is 0.0949. The third-order valence-corrected chi connectivity index (χ3v) is 0.742. The highest BCUT2D eigenvalue weighted by Gasteiger charge is 1.86. The van der Waals surface area contributed by atoms with Gasteiger partial charge in [-0.2, -0.15) is 0 Å². The van der Waals surface area contributed by atoms with Crippen molar-refractivity contribution in [1.82, 2.24) is 0 Å². The quantitative estimate of drug-likeness (QED) is 0.524. The Kier molecular flexibility index (Phi) is 3.33. The summed E-state index contributed by atoms with van der Waals surface area (Å²) in [6.07, 6.45) is 4.32. The van der Waals surface area contributed by atoms with E-state index in [1.54, 1.807) is 12.2 Å². The van der Waals surface area contributed by atoms with Crippen molar-refractivity contribution in [3.63, 3.8) is 0 Å². The van der Waals surface area contributed by atoms with Gasteiger partial charge in [-0.3, -0.25) is 0 Å². The van der Waals surface area contributed by atoms with Crippen LogP contribution in [-0.4, -0.2) is 6.04 Å². The van der Waals surface area contributed by atoms with E-state index in [1.165, 1.54) is 0 Å². The fraction of sp³-hybridized carbons (Fsp3) is 0.333. The highest BCUT2D eigenvalue weighted by molar-refractivity contribution is 4.87. The van der Waals surface area contributed by atoms with E-state index in [0.717, 1.165) is 6.42 Å². The van der Waals surface area contributed by atoms with E-state index >= 15 is 0 Å². The Bertz CT molecular complexity index is 66.6. The zero-order chi connectivity index (χ0) is 5.70. The Morgan fingerprint density at radius 3 is 2.29 bits per heavy atom. The van der Waals surface area contributed by atoms with Crippen LogP contribution in [0.5, 0.6) is 0 Å². The molecule has 1 heteroatoms. The summed E-state index contributed by atoms with van der Waals surface area (Å²) >= 11 is 0. The monoisotopic (exact) mass is 97.1 g/mol. The van der Waals surface area contributed by atoms with Crippen LogP contribution in [-0.2, 0) is 0 Å². The van der Waals surface area contributed by atoms with Crippen molar-refractivity contribution in [1.29, 1.82) is 0 Å². The third kappa shape index (κ3) is 3.27. The molecule has 7 heavy (non-hydrogen) atoms. The highest BCUT2D eigenvalue weighted by atomic mass is 14.6. The molecule has 0 heterocycles.